The Morgan fingerprint density at radius 2 is 1.75 bits per heavy atom. The van der Waals surface area contributed by atoms with Crippen molar-refractivity contribution in [2.24, 2.45) is 0 Å². The van der Waals surface area contributed by atoms with Gasteiger partial charge in [-0.05, 0) is 48.9 Å². The minimum absolute atomic E-state index is 0.176. The van der Waals surface area contributed by atoms with Crippen LogP contribution in [-0.2, 0) is 17.9 Å². The molecule has 0 unspecified atom stereocenters. The lowest BCUT2D eigenvalue weighted by molar-refractivity contribution is -0.121. The third-order valence-electron chi connectivity index (χ3n) is 5.10. The van der Waals surface area contributed by atoms with E-state index < -0.39 is 17.2 Å². The molecule has 1 heterocycles. The van der Waals surface area contributed by atoms with Crippen molar-refractivity contribution in [1.29, 1.82) is 0 Å². The molecule has 0 radical (unpaired) electrons. The van der Waals surface area contributed by atoms with Gasteiger partial charge in [0.15, 0.2) is 0 Å². The van der Waals surface area contributed by atoms with Gasteiger partial charge in [-0.1, -0.05) is 47.5 Å². The lowest BCUT2D eigenvalue weighted by Gasteiger charge is -2.15. The normalized spacial score (nSPS) is 11.0. The predicted molar refractivity (Wildman–Crippen MR) is 122 cm³/mol. The van der Waals surface area contributed by atoms with E-state index in [1.807, 2.05) is 6.92 Å². The Hall–Kier alpha value is -3.71. The van der Waals surface area contributed by atoms with Crippen LogP contribution in [0.15, 0.2) is 76.3 Å². The first kappa shape index (κ1) is 21.5. The van der Waals surface area contributed by atoms with Crippen LogP contribution in [0.5, 0.6) is 0 Å². The Bertz CT molecular complexity index is 1440. The summed E-state index contributed by atoms with van der Waals surface area (Å²) in [7, 11) is 0. The second-order valence-corrected chi connectivity index (χ2v) is 7.79. The van der Waals surface area contributed by atoms with Crippen LogP contribution in [0.3, 0.4) is 0 Å². The highest BCUT2D eigenvalue weighted by Gasteiger charge is 2.18. The molecule has 0 aliphatic heterocycles. The highest BCUT2D eigenvalue weighted by atomic mass is 35.5. The molecule has 0 aliphatic carbocycles. The number of aromatic nitrogens is 2. The molecule has 4 aromatic rings. The van der Waals surface area contributed by atoms with Crippen LogP contribution in [0, 0.1) is 12.7 Å². The van der Waals surface area contributed by atoms with E-state index in [9.17, 15) is 18.8 Å². The molecule has 0 saturated carbocycles. The molecule has 0 aliphatic rings. The highest BCUT2D eigenvalue weighted by molar-refractivity contribution is 6.32. The van der Waals surface area contributed by atoms with Crippen molar-refractivity contribution in [1.82, 2.24) is 14.5 Å². The fourth-order valence-electron chi connectivity index (χ4n) is 3.49. The molecule has 0 saturated heterocycles. The van der Waals surface area contributed by atoms with Crippen molar-refractivity contribution in [3.8, 4) is 5.69 Å². The van der Waals surface area contributed by atoms with Gasteiger partial charge >= 0.3 is 5.69 Å². The molecule has 4 rings (SSSR count). The largest absolute Gasteiger partial charge is 0.350 e. The molecule has 0 spiro atoms. The molecule has 3 aromatic carbocycles. The minimum Gasteiger partial charge on any atom is -0.350 e. The smallest absolute Gasteiger partial charge is 0.336 e. The standard InChI is InChI=1S/C24H19ClFN3O3/c1-15-6-11-20-18(12-15)23(31)29(21-5-3-2-4-19(21)25)24(32)28(20)14-22(30)27-13-16-7-9-17(26)10-8-16/h2-12H,13-14H2,1H3,(H,27,30). The maximum atomic E-state index is 13.3. The SMILES string of the molecule is Cc1ccc2c(c1)c(=O)n(-c1ccccc1Cl)c(=O)n2CC(=O)NCc1ccc(F)cc1. The van der Waals surface area contributed by atoms with Crippen molar-refractivity contribution >= 4 is 28.4 Å². The Balaban J connectivity index is 1.77. The van der Waals surface area contributed by atoms with Crippen molar-refractivity contribution in [2.75, 3.05) is 0 Å². The molecule has 0 atom stereocenters. The summed E-state index contributed by atoms with van der Waals surface area (Å²) in [4.78, 5) is 39.2. The Labute approximate surface area is 187 Å². The van der Waals surface area contributed by atoms with Gasteiger partial charge in [-0.25, -0.2) is 13.8 Å². The van der Waals surface area contributed by atoms with Gasteiger partial charge in [0.25, 0.3) is 5.56 Å². The van der Waals surface area contributed by atoms with Gasteiger partial charge in [0.1, 0.15) is 12.4 Å². The van der Waals surface area contributed by atoms with Crippen LogP contribution in [0.1, 0.15) is 11.1 Å². The number of para-hydroxylation sites is 1. The van der Waals surface area contributed by atoms with Gasteiger partial charge in [0.2, 0.25) is 5.91 Å². The summed E-state index contributed by atoms with van der Waals surface area (Å²) in [5.74, 6) is -0.794. The summed E-state index contributed by atoms with van der Waals surface area (Å²) in [5.41, 5.74) is 0.972. The number of halogens is 2. The molecule has 0 bridgehead atoms. The summed E-state index contributed by atoms with van der Waals surface area (Å²) in [6.45, 7) is 1.71. The molecular weight excluding hydrogens is 433 g/mol. The average molecular weight is 452 g/mol. The van der Waals surface area contributed by atoms with Gasteiger partial charge in [-0.15, -0.1) is 0 Å². The van der Waals surface area contributed by atoms with Gasteiger partial charge in [-0.3, -0.25) is 14.2 Å². The molecule has 8 heteroatoms. The zero-order valence-electron chi connectivity index (χ0n) is 17.1. The number of fused-ring (bicyclic) bond motifs is 1. The van der Waals surface area contributed by atoms with Gasteiger partial charge in [0, 0.05) is 6.54 Å². The number of rotatable bonds is 5. The van der Waals surface area contributed by atoms with E-state index in [1.54, 1.807) is 54.6 Å². The number of nitrogens with zero attached hydrogens (tertiary/aromatic N) is 2. The lowest BCUT2D eigenvalue weighted by Crippen LogP contribution is -2.41. The van der Waals surface area contributed by atoms with E-state index in [0.29, 0.717) is 16.5 Å². The van der Waals surface area contributed by atoms with Crippen molar-refractivity contribution < 1.29 is 9.18 Å². The summed E-state index contributed by atoms with van der Waals surface area (Å²) in [6.07, 6.45) is 0. The van der Waals surface area contributed by atoms with E-state index in [-0.39, 0.29) is 29.6 Å². The van der Waals surface area contributed by atoms with E-state index in [2.05, 4.69) is 5.32 Å². The van der Waals surface area contributed by atoms with E-state index in [0.717, 1.165) is 10.1 Å². The molecule has 1 amide bonds. The molecule has 6 nitrogen and oxygen atoms in total. The summed E-state index contributed by atoms with van der Waals surface area (Å²) in [6, 6.07) is 17.4. The molecule has 0 fully saturated rings. The third kappa shape index (κ3) is 4.20. The van der Waals surface area contributed by atoms with Crippen LogP contribution in [0.25, 0.3) is 16.6 Å². The average Bonchev–Trinajstić information content (AvgIpc) is 2.78. The quantitative estimate of drug-likeness (QED) is 0.504. The summed E-state index contributed by atoms with van der Waals surface area (Å²) in [5, 5.41) is 3.26. The number of amides is 1. The van der Waals surface area contributed by atoms with Gasteiger partial charge in [-0.2, -0.15) is 0 Å². The number of aryl methyl sites for hydroxylation is 1. The van der Waals surface area contributed by atoms with Crippen molar-refractivity contribution in [3.63, 3.8) is 0 Å². The highest BCUT2D eigenvalue weighted by Crippen LogP contribution is 2.18. The first-order valence-electron chi connectivity index (χ1n) is 9.87. The second kappa shape index (κ2) is 8.80. The number of carbonyl (C=O) groups is 1. The van der Waals surface area contributed by atoms with Crippen LogP contribution < -0.4 is 16.6 Å². The minimum atomic E-state index is -0.670. The second-order valence-electron chi connectivity index (χ2n) is 7.38. The molecule has 162 valence electrons. The predicted octanol–water partition coefficient (Wildman–Crippen LogP) is 3.57. The number of carbonyl (C=O) groups excluding carboxylic acids is 1. The van der Waals surface area contributed by atoms with E-state index >= 15 is 0 Å². The van der Waals surface area contributed by atoms with Crippen LogP contribution in [0.4, 0.5) is 4.39 Å². The Kier molecular flexibility index (Phi) is 5.92. The van der Waals surface area contributed by atoms with Crippen LogP contribution >= 0.6 is 11.6 Å². The maximum Gasteiger partial charge on any atom is 0.336 e. The zero-order chi connectivity index (χ0) is 22.8. The molecule has 1 N–H and O–H groups in total. The topological polar surface area (TPSA) is 73.1 Å². The molecule has 32 heavy (non-hydrogen) atoms. The monoisotopic (exact) mass is 451 g/mol. The van der Waals surface area contributed by atoms with E-state index in [1.165, 1.54) is 16.7 Å². The molecule has 1 aromatic heterocycles. The van der Waals surface area contributed by atoms with Crippen LogP contribution in [-0.4, -0.2) is 15.0 Å². The van der Waals surface area contributed by atoms with E-state index in [4.69, 9.17) is 11.6 Å². The maximum absolute atomic E-state index is 13.3. The number of nitrogens with one attached hydrogen (secondary N) is 1. The van der Waals surface area contributed by atoms with Gasteiger partial charge in [0.05, 0.1) is 21.6 Å². The number of benzene rings is 3. The number of hydrogen-bond donors (Lipinski definition) is 1. The molecular formula is C24H19ClFN3O3. The first-order valence-corrected chi connectivity index (χ1v) is 10.2. The lowest BCUT2D eigenvalue weighted by atomic mass is 10.1. The summed E-state index contributed by atoms with van der Waals surface area (Å²) >= 11 is 6.26. The van der Waals surface area contributed by atoms with Crippen LogP contribution in [0.2, 0.25) is 5.02 Å². The first-order chi connectivity index (χ1) is 15.3. The fourth-order valence-corrected chi connectivity index (χ4v) is 3.71. The summed E-state index contributed by atoms with van der Waals surface area (Å²) < 4.78 is 15.3. The number of hydrogen-bond acceptors (Lipinski definition) is 3. The van der Waals surface area contributed by atoms with Crippen molar-refractivity contribution in [3.05, 3.63) is 110 Å². The third-order valence-corrected chi connectivity index (χ3v) is 5.42. The van der Waals surface area contributed by atoms with Gasteiger partial charge < -0.3 is 5.32 Å². The van der Waals surface area contributed by atoms with Crippen molar-refractivity contribution in [2.45, 2.75) is 20.0 Å². The fraction of sp³-hybridized carbons (Fsp3) is 0.125. The zero-order valence-corrected chi connectivity index (χ0v) is 17.9. The Morgan fingerprint density at radius 1 is 1.03 bits per heavy atom. The Morgan fingerprint density at radius 3 is 2.47 bits per heavy atom.